The van der Waals surface area contributed by atoms with E-state index < -0.39 is 35.8 Å². The van der Waals surface area contributed by atoms with Crippen molar-refractivity contribution in [2.45, 2.75) is 9.79 Å². The van der Waals surface area contributed by atoms with E-state index in [1.165, 1.54) is 0 Å². The Morgan fingerprint density at radius 1 is 0.862 bits per heavy atom. The molecule has 0 saturated carbocycles. The third-order valence-corrected chi connectivity index (χ3v) is 5.65. The predicted octanol–water partition coefficient (Wildman–Crippen LogP) is 1.87. The first-order valence-electron chi connectivity index (χ1n) is 7.79. The maximum Gasteiger partial charge on any atom is 0.294 e. The van der Waals surface area contributed by atoms with Crippen LogP contribution in [-0.2, 0) is 20.2 Å². The summed E-state index contributed by atoms with van der Waals surface area (Å²) in [6, 6.07) is 10.9. The molecule has 29 heavy (non-hydrogen) atoms. The summed E-state index contributed by atoms with van der Waals surface area (Å²) in [5, 5.41) is 12.3. The van der Waals surface area contributed by atoms with Crippen LogP contribution in [0.5, 0.6) is 5.75 Å². The van der Waals surface area contributed by atoms with Gasteiger partial charge in [-0.15, -0.1) is 0 Å². The lowest BCUT2D eigenvalue weighted by molar-refractivity contribution is 0.103. The van der Waals surface area contributed by atoms with Crippen LogP contribution in [0.3, 0.4) is 0 Å². The van der Waals surface area contributed by atoms with E-state index in [4.69, 9.17) is 14.8 Å². The monoisotopic (exact) mass is 438 g/mol. The smallest absolute Gasteiger partial charge is 0.294 e. The van der Waals surface area contributed by atoms with E-state index in [0.717, 1.165) is 35.5 Å². The zero-order valence-corrected chi connectivity index (χ0v) is 16.0. The van der Waals surface area contributed by atoms with Gasteiger partial charge in [0.05, 0.1) is 9.79 Å². The predicted molar refractivity (Wildman–Crippen MR) is 104 cm³/mol. The van der Waals surface area contributed by atoms with Crippen LogP contribution in [0.25, 0.3) is 10.8 Å². The first-order valence-corrected chi connectivity index (χ1v) is 10.7. The molecule has 1 aliphatic heterocycles. The number of carbonyl (C=O) groups excluding carboxylic acids is 1. The first kappa shape index (κ1) is 20.5. The fourth-order valence-corrected chi connectivity index (χ4v) is 3.80. The molecule has 0 aromatic heterocycles. The molecule has 2 bridgehead atoms. The third kappa shape index (κ3) is 4.30. The van der Waals surface area contributed by atoms with Gasteiger partial charge >= 0.3 is 0 Å². The average Bonchev–Trinajstić information content (AvgIpc) is 2.84. The zero-order chi connectivity index (χ0) is 21.6. The molecule has 0 radical (unpaired) electrons. The van der Waals surface area contributed by atoms with Crippen molar-refractivity contribution < 1.29 is 35.8 Å². The molecule has 0 aliphatic carbocycles. The van der Waals surface area contributed by atoms with E-state index in [2.05, 4.69) is 5.32 Å². The van der Waals surface area contributed by atoms with Crippen molar-refractivity contribution in [3.05, 3.63) is 54.1 Å². The summed E-state index contributed by atoms with van der Waals surface area (Å²) in [7, 11) is -9.14. The Labute approximate surface area is 165 Å². The summed E-state index contributed by atoms with van der Waals surface area (Å²) in [6.45, 7) is 0. The van der Waals surface area contributed by atoms with Crippen molar-refractivity contribution >= 4 is 48.3 Å². The minimum absolute atomic E-state index is 0.00444. The van der Waals surface area contributed by atoms with Crippen molar-refractivity contribution in [3.63, 3.8) is 0 Å². The van der Waals surface area contributed by atoms with E-state index in [9.17, 15) is 26.7 Å². The van der Waals surface area contributed by atoms with E-state index in [1.807, 2.05) is 18.2 Å². The Balaban J connectivity index is 0.000000220. The fourth-order valence-electron chi connectivity index (χ4n) is 2.71. The van der Waals surface area contributed by atoms with Gasteiger partial charge in [-0.3, -0.25) is 13.9 Å². The number of aromatic hydroxyl groups is 1. The topological polar surface area (TPSA) is 184 Å². The number of hydrogen-bond acceptors (Lipinski definition) is 7. The van der Waals surface area contributed by atoms with Gasteiger partial charge in [0.15, 0.2) is 0 Å². The van der Waals surface area contributed by atoms with Gasteiger partial charge in [0.2, 0.25) is 0 Å². The fraction of sp³-hybridized carbons (Fsp3) is 0. The van der Waals surface area contributed by atoms with Crippen molar-refractivity contribution in [1.82, 2.24) is 0 Å². The zero-order valence-electron chi connectivity index (χ0n) is 14.4. The molecule has 0 fully saturated rings. The highest BCUT2D eigenvalue weighted by atomic mass is 32.2. The maximum absolute atomic E-state index is 11.1. The minimum Gasteiger partial charge on any atom is -0.507 e. The highest BCUT2D eigenvalue weighted by Gasteiger charge is 2.18. The Kier molecular flexibility index (Phi) is 4.96. The summed E-state index contributed by atoms with van der Waals surface area (Å²) < 4.78 is 62.1. The quantitative estimate of drug-likeness (QED) is 0.294. The molecule has 152 valence electrons. The minimum atomic E-state index is -4.59. The highest BCUT2D eigenvalue weighted by Crippen LogP contribution is 2.34. The lowest BCUT2D eigenvalue weighted by Gasteiger charge is -2.08. The van der Waals surface area contributed by atoms with E-state index in [-0.39, 0.29) is 22.4 Å². The second-order valence-electron chi connectivity index (χ2n) is 6.04. The van der Waals surface area contributed by atoms with E-state index >= 15 is 0 Å². The SMILES string of the molecule is Nc1cc(S(=O)(=O)O)cc2cc(S(=O)(=O)O)cc(O)c12.O=C1Nc2cccc1c2. The van der Waals surface area contributed by atoms with E-state index in [1.54, 1.807) is 6.07 Å². The molecule has 0 spiro atoms. The number of hydrogen-bond donors (Lipinski definition) is 5. The molecule has 3 aromatic carbocycles. The molecular weight excluding hydrogens is 424 g/mol. The molecule has 1 aliphatic rings. The van der Waals surface area contributed by atoms with Crippen molar-refractivity contribution in [1.29, 1.82) is 0 Å². The second kappa shape index (κ2) is 7.00. The van der Waals surface area contributed by atoms with Crippen LogP contribution in [0.1, 0.15) is 10.4 Å². The number of phenols is 1. The number of fused-ring (bicyclic) bond motifs is 3. The summed E-state index contributed by atoms with van der Waals surface area (Å²) in [5.41, 5.74) is 7.05. The molecule has 4 rings (SSSR count). The van der Waals surface area contributed by atoms with Crippen molar-refractivity contribution in [2.75, 3.05) is 11.1 Å². The van der Waals surface area contributed by atoms with Crippen LogP contribution in [0, 0.1) is 0 Å². The second-order valence-corrected chi connectivity index (χ2v) is 8.88. The number of carbonyl (C=O) groups is 1. The Bertz CT molecular complexity index is 1290. The Hall–Kier alpha value is -3.19. The van der Waals surface area contributed by atoms with Gasteiger partial charge in [0.25, 0.3) is 26.1 Å². The Morgan fingerprint density at radius 2 is 1.45 bits per heavy atom. The largest absolute Gasteiger partial charge is 0.507 e. The highest BCUT2D eigenvalue weighted by molar-refractivity contribution is 7.86. The number of nitrogens with two attached hydrogens (primary N) is 1. The van der Waals surface area contributed by atoms with Crippen LogP contribution < -0.4 is 11.1 Å². The van der Waals surface area contributed by atoms with Crippen LogP contribution in [0.2, 0.25) is 0 Å². The Morgan fingerprint density at radius 3 is 1.97 bits per heavy atom. The summed E-state index contributed by atoms with van der Waals surface area (Å²) in [4.78, 5) is 9.59. The molecule has 3 aromatic rings. The summed E-state index contributed by atoms with van der Waals surface area (Å²) in [5.74, 6) is -0.537. The van der Waals surface area contributed by atoms with Gasteiger partial charge in [-0.05, 0) is 41.8 Å². The van der Waals surface area contributed by atoms with Gasteiger partial charge < -0.3 is 16.2 Å². The number of amides is 1. The number of nitrogen functional groups attached to an aromatic ring is 1. The molecule has 6 N–H and O–H groups in total. The number of anilines is 2. The molecule has 12 heteroatoms. The van der Waals surface area contributed by atoms with Crippen LogP contribution in [-0.4, -0.2) is 37.0 Å². The average molecular weight is 438 g/mol. The van der Waals surface area contributed by atoms with Crippen LogP contribution >= 0.6 is 0 Å². The standard InChI is InChI=1S/C10H9NO7S2.C7H5NO/c11-8-3-6(19(13,14)15)1-5-2-7(20(16,17)18)4-9(12)10(5)8;9-7-5-2-1-3-6(4-5)8-7/h1-4,12H,11H2,(H,13,14,15)(H,16,17,18);1-4H,(H,8,9). The number of rotatable bonds is 2. The van der Waals surface area contributed by atoms with Crippen molar-refractivity contribution in [3.8, 4) is 5.75 Å². The summed E-state index contributed by atoms with van der Waals surface area (Å²) in [6.07, 6.45) is 0. The van der Waals surface area contributed by atoms with Gasteiger partial charge in [0, 0.05) is 28.4 Å². The van der Waals surface area contributed by atoms with Gasteiger partial charge in [-0.1, -0.05) is 6.07 Å². The number of phenolic OH excluding ortho intramolecular Hbond substituents is 1. The van der Waals surface area contributed by atoms with Gasteiger partial charge in [-0.25, -0.2) is 0 Å². The van der Waals surface area contributed by atoms with Gasteiger partial charge in [0.1, 0.15) is 5.75 Å². The molecule has 0 unspecified atom stereocenters. The molecule has 10 nitrogen and oxygen atoms in total. The van der Waals surface area contributed by atoms with Crippen molar-refractivity contribution in [2.24, 2.45) is 0 Å². The van der Waals surface area contributed by atoms with E-state index in [0.29, 0.717) is 0 Å². The lowest BCUT2D eigenvalue weighted by atomic mass is 10.1. The lowest BCUT2D eigenvalue weighted by Crippen LogP contribution is -2.02. The normalized spacial score (nSPS) is 13.0. The maximum atomic E-state index is 11.1. The summed E-state index contributed by atoms with van der Waals surface area (Å²) >= 11 is 0. The van der Waals surface area contributed by atoms with Crippen LogP contribution in [0.15, 0.2) is 58.3 Å². The van der Waals surface area contributed by atoms with Gasteiger partial charge in [-0.2, -0.15) is 16.8 Å². The molecule has 1 amide bonds. The third-order valence-electron chi connectivity index (χ3n) is 3.98. The molecule has 0 atom stereocenters. The molecule has 0 saturated heterocycles. The molecule has 1 heterocycles. The number of benzene rings is 3. The first-order chi connectivity index (χ1) is 13.4. The van der Waals surface area contributed by atoms with Crippen LogP contribution in [0.4, 0.5) is 11.4 Å². The molecular formula is C17H14N2O8S2. The number of nitrogens with one attached hydrogen (secondary N) is 1.